The zero-order valence-electron chi connectivity index (χ0n) is 7.99. The maximum Gasteiger partial charge on any atom is 0.0528 e. The van der Waals surface area contributed by atoms with E-state index in [9.17, 15) is 9.90 Å². The Bertz CT molecular complexity index is 310. The molecule has 0 aliphatic heterocycles. The van der Waals surface area contributed by atoms with Gasteiger partial charge < -0.3 is 9.90 Å². The van der Waals surface area contributed by atoms with Crippen molar-refractivity contribution in [3.63, 3.8) is 0 Å². The molecule has 76 valence electrons. The topological polar surface area (TPSA) is 40.1 Å². The summed E-state index contributed by atoms with van der Waals surface area (Å²) in [7, 11) is 0. The fourth-order valence-corrected chi connectivity index (χ4v) is 3.23. The highest BCUT2D eigenvalue weighted by atomic mass is 32.1. The lowest BCUT2D eigenvalue weighted by Gasteiger charge is -2.37. The highest BCUT2D eigenvalue weighted by Gasteiger charge is 2.36. The first-order chi connectivity index (χ1) is 6.76. The Hall–Kier alpha value is -0.830. The van der Waals surface area contributed by atoms with E-state index in [0.29, 0.717) is 0 Å². The summed E-state index contributed by atoms with van der Waals surface area (Å²) in [5.41, 5.74) is -0.674. The third-order valence-corrected chi connectivity index (χ3v) is 4.16. The molecule has 0 amide bonds. The Kier molecular flexibility index (Phi) is 2.59. The molecule has 1 heterocycles. The minimum absolute atomic E-state index is 0.674. The van der Waals surface area contributed by atoms with E-state index in [1.165, 1.54) is 11.3 Å². The summed E-state index contributed by atoms with van der Waals surface area (Å²) >= 11 is 1.54. The molecule has 0 saturated heterocycles. The molecule has 0 N–H and O–H groups in total. The van der Waals surface area contributed by atoms with Gasteiger partial charge in [0, 0.05) is 10.3 Å². The summed E-state index contributed by atoms with van der Waals surface area (Å²) in [5, 5.41) is 13.2. The summed E-state index contributed by atoms with van der Waals surface area (Å²) in [6.07, 6.45) is 4.66. The molecular weight excluding hydrogens is 196 g/mol. The highest BCUT2D eigenvalue weighted by molar-refractivity contribution is 7.10. The van der Waals surface area contributed by atoms with E-state index < -0.39 is 11.4 Å². The van der Waals surface area contributed by atoms with Crippen LogP contribution >= 0.6 is 11.3 Å². The predicted molar refractivity (Wildman–Crippen MR) is 54.1 cm³/mol. The Morgan fingerprint density at radius 3 is 2.57 bits per heavy atom. The largest absolute Gasteiger partial charge is 0.549 e. The van der Waals surface area contributed by atoms with E-state index in [2.05, 4.69) is 0 Å². The van der Waals surface area contributed by atoms with Gasteiger partial charge in [-0.25, -0.2) is 0 Å². The summed E-state index contributed by atoms with van der Waals surface area (Å²) in [6, 6.07) is 3.84. The monoisotopic (exact) mass is 209 g/mol. The molecule has 0 spiro atoms. The van der Waals surface area contributed by atoms with Crippen molar-refractivity contribution in [1.29, 1.82) is 0 Å². The minimum Gasteiger partial charge on any atom is -0.549 e. The van der Waals surface area contributed by atoms with Crippen molar-refractivity contribution in [1.82, 2.24) is 0 Å². The average molecular weight is 209 g/mol. The van der Waals surface area contributed by atoms with Crippen molar-refractivity contribution in [3.8, 4) is 0 Å². The summed E-state index contributed by atoms with van der Waals surface area (Å²) in [5.74, 6) is -0.889. The van der Waals surface area contributed by atoms with Gasteiger partial charge in [-0.3, -0.25) is 0 Å². The molecule has 1 aromatic heterocycles. The third-order valence-electron chi connectivity index (χ3n) is 3.09. The van der Waals surface area contributed by atoms with Crippen LogP contribution < -0.4 is 5.11 Å². The van der Waals surface area contributed by atoms with E-state index in [-0.39, 0.29) is 0 Å². The van der Waals surface area contributed by atoms with Crippen LogP contribution in [-0.4, -0.2) is 5.97 Å². The molecule has 1 aliphatic carbocycles. The number of carbonyl (C=O) groups is 1. The van der Waals surface area contributed by atoms with Crippen LogP contribution in [0.3, 0.4) is 0 Å². The van der Waals surface area contributed by atoms with Crippen molar-refractivity contribution >= 4 is 17.3 Å². The van der Waals surface area contributed by atoms with Crippen molar-refractivity contribution in [2.75, 3.05) is 0 Å². The number of hydrogen-bond donors (Lipinski definition) is 0. The first-order valence-electron chi connectivity index (χ1n) is 5.01. The van der Waals surface area contributed by atoms with E-state index >= 15 is 0 Å². The van der Waals surface area contributed by atoms with Crippen LogP contribution in [0.25, 0.3) is 0 Å². The van der Waals surface area contributed by atoms with E-state index in [1.54, 1.807) is 0 Å². The van der Waals surface area contributed by atoms with Gasteiger partial charge in [-0.2, -0.15) is 0 Å². The Morgan fingerprint density at radius 1 is 1.36 bits per heavy atom. The van der Waals surface area contributed by atoms with Gasteiger partial charge in [0.25, 0.3) is 0 Å². The molecule has 14 heavy (non-hydrogen) atoms. The Balaban J connectivity index is 2.35. The predicted octanol–water partition coefficient (Wildman–Crippen LogP) is 1.70. The van der Waals surface area contributed by atoms with Crippen molar-refractivity contribution in [2.45, 2.75) is 37.5 Å². The van der Waals surface area contributed by atoms with Crippen LogP contribution in [-0.2, 0) is 10.2 Å². The number of carbonyl (C=O) groups excluding carboxylic acids is 1. The second-order valence-corrected chi connectivity index (χ2v) is 4.86. The molecule has 0 aromatic carbocycles. The van der Waals surface area contributed by atoms with Crippen LogP contribution in [0.4, 0.5) is 0 Å². The third kappa shape index (κ3) is 1.46. The molecule has 0 unspecified atom stereocenters. The first kappa shape index (κ1) is 9.71. The number of thiophene rings is 1. The molecule has 3 heteroatoms. The van der Waals surface area contributed by atoms with Crippen LogP contribution in [0, 0.1) is 0 Å². The second-order valence-electron chi connectivity index (χ2n) is 3.91. The van der Waals surface area contributed by atoms with Crippen molar-refractivity contribution in [2.24, 2.45) is 0 Å². The normalized spacial score (nSPS) is 20.6. The smallest absolute Gasteiger partial charge is 0.0528 e. The van der Waals surface area contributed by atoms with Gasteiger partial charge in [0.15, 0.2) is 0 Å². The molecular formula is C11H13O2S-. The van der Waals surface area contributed by atoms with Crippen molar-refractivity contribution in [3.05, 3.63) is 22.4 Å². The molecule has 2 rings (SSSR count). The fourth-order valence-electron chi connectivity index (χ4n) is 2.26. The minimum atomic E-state index is -0.889. The maximum atomic E-state index is 11.3. The second kappa shape index (κ2) is 3.73. The fraction of sp³-hybridized carbons (Fsp3) is 0.545. The lowest BCUT2D eigenvalue weighted by atomic mass is 9.73. The zero-order chi connectivity index (χ0) is 10.0. The SMILES string of the molecule is O=C([O-])C1(c2cccs2)CCCCC1. The molecule has 0 bridgehead atoms. The van der Waals surface area contributed by atoms with Crippen LogP contribution in [0.2, 0.25) is 0 Å². The van der Waals surface area contributed by atoms with Gasteiger partial charge in [0.05, 0.1) is 5.97 Å². The van der Waals surface area contributed by atoms with Gasteiger partial charge in [0.2, 0.25) is 0 Å². The van der Waals surface area contributed by atoms with Crippen LogP contribution in [0.1, 0.15) is 37.0 Å². The first-order valence-corrected chi connectivity index (χ1v) is 5.89. The number of hydrogen-bond acceptors (Lipinski definition) is 3. The number of aliphatic carboxylic acids is 1. The highest BCUT2D eigenvalue weighted by Crippen LogP contribution is 2.40. The van der Waals surface area contributed by atoms with Crippen LogP contribution in [0.5, 0.6) is 0 Å². The van der Waals surface area contributed by atoms with Crippen molar-refractivity contribution < 1.29 is 9.90 Å². The number of rotatable bonds is 2. The van der Waals surface area contributed by atoms with E-state index in [1.807, 2.05) is 17.5 Å². The molecule has 0 radical (unpaired) electrons. The summed E-state index contributed by atoms with van der Waals surface area (Å²) in [4.78, 5) is 12.2. The summed E-state index contributed by atoms with van der Waals surface area (Å²) in [6.45, 7) is 0. The Morgan fingerprint density at radius 2 is 2.07 bits per heavy atom. The van der Waals surface area contributed by atoms with Gasteiger partial charge in [-0.15, -0.1) is 11.3 Å². The maximum absolute atomic E-state index is 11.3. The lowest BCUT2D eigenvalue weighted by molar-refractivity contribution is -0.315. The molecule has 1 saturated carbocycles. The van der Waals surface area contributed by atoms with E-state index in [0.717, 1.165) is 37.0 Å². The number of carboxylic acid groups (broad SMARTS) is 1. The molecule has 0 atom stereocenters. The van der Waals surface area contributed by atoms with Gasteiger partial charge in [-0.05, 0) is 24.3 Å². The molecule has 1 fully saturated rings. The van der Waals surface area contributed by atoms with E-state index in [4.69, 9.17) is 0 Å². The van der Waals surface area contributed by atoms with Crippen LogP contribution in [0.15, 0.2) is 17.5 Å². The quantitative estimate of drug-likeness (QED) is 0.743. The molecule has 1 aliphatic rings. The zero-order valence-corrected chi connectivity index (χ0v) is 8.81. The van der Waals surface area contributed by atoms with Gasteiger partial charge >= 0.3 is 0 Å². The number of carboxylic acids is 1. The molecule has 2 nitrogen and oxygen atoms in total. The summed E-state index contributed by atoms with van der Waals surface area (Å²) < 4.78 is 0. The standard InChI is InChI=1S/C11H14O2S/c12-10(13)11(6-2-1-3-7-11)9-5-4-8-14-9/h4-5,8H,1-3,6-7H2,(H,12,13)/p-1. The average Bonchev–Trinajstić information content (AvgIpc) is 2.72. The lowest BCUT2D eigenvalue weighted by Crippen LogP contribution is -2.46. The Labute approximate surface area is 87.6 Å². The van der Waals surface area contributed by atoms with Gasteiger partial charge in [0.1, 0.15) is 0 Å². The van der Waals surface area contributed by atoms with Gasteiger partial charge in [-0.1, -0.05) is 25.3 Å². The molecule has 1 aromatic rings.